The summed E-state index contributed by atoms with van der Waals surface area (Å²) in [5.41, 5.74) is 7.65. The molecule has 0 spiro atoms. The molecule has 0 aliphatic heterocycles. The Labute approximate surface area is 121 Å². The van der Waals surface area contributed by atoms with E-state index in [-0.39, 0.29) is 0 Å². The first-order chi connectivity index (χ1) is 9.15. The van der Waals surface area contributed by atoms with E-state index in [4.69, 9.17) is 17.3 Å². The first-order valence-corrected chi connectivity index (χ1v) is 7.75. The molecular weight excluding hydrogens is 256 g/mol. The smallest absolute Gasteiger partial charge is 0.0458 e. The largest absolute Gasteiger partial charge is 0.399 e. The third-order valence-electron chi connectivity index (χ3n) is 4.13. The number of nitrogen functional groups attached to an aromatic ring is 1. The summed E-state index contributed by atoms with van der Waals surface area (Å²) in [5, 5.41) is 0.797. The molecule has 0 radical (unpaired) electrons. The maximum absolute atomic E-state index is 6.21. The lowest BCUT2D eigenvalue weighted by Gasteiger charge is -2.27. The van der Waals surface area contributed by atoms with Crippen LogP contribution in [0, 0.1) is 5.92 Å². The zero-order valence-electron chi connectivity index (χ0n) is 11.9. The highest BCUT2D eigenvalue weighted by molar-refractivity contribution is 6.31. The monoisotopic (exact) mass is 280 g/mol. The van der Waals surface area contributed by atoms with Crippen LogP contribution in [0.2, 0.25) is 5.02 Å². The summed E-state index contributed by atoms with van der Waals surface area (Å²) in [6, 6.07) is 5.83. The Morgan fingerprint density at radius 2 is 2.00 bits per heavy atom. The molecule has 0 unspecified atom stereocenters. The Morgan fingerprint density at radius 1 is 1.26 bits per heavy atom. The molecule has 3 heteroatoms. The number of likely N-dealkylation sites (N-methyl/N-ethyl adjacent to an activating group) is 1. The van der Waals surface area contributed by atoms with E-state index in [0.29, 0.717) is 0 Å². The molecule has 0 amide bonds. The Hall–Kier alpha value is -0.730. The normalized spacial score (nSPS) is 17.0. The molecule has 1 aliphatic carbocycles. The maximum Gasteiger partial charge on any atom is 0.0458 e. The van der Waals surface area contributed by atoms with E-state index < -0.39 is 0 Å². The van der Waals surface area contributed by atoms with Crippen LogP contribution in [0.3, 0.4) is 0 Å². The second kappa shape index (κ2) is 7.16. The molecule has 0 atom stereocenters. The van der Waals surface area contributed by atoms with Crippen molar-refractivity contribution in [3.05, 3.63) is 28.8 Å². The minimum Gasteiger partial charge on any atom is -0.399 e. The van der Waals surface area contributed by atoms with E-state index in [1.165, 1.54) is 44.2 Å². The molecule has 0 saturated heterocycles. The quantitative estimate of drug-likeness (QED) is 0.827. The zero-order valence-corrected chi connectivity index (χ0v) is 12.6. The molecule has 1 fully saturated rings. The second-order valence-corrected chi connectivity index (χ2v) is 6.27. The van der Waals surface area contributed by atoms with Gasteiger partial charge >= 0.3 is 0 Å². The summed E-state index contributed by atoms with van der Waals surface area (Å²) in [6.45, 7) is 2.30. The van der Waals surface area contributed by atoms with Crippen LogP contribution in [-0.2, 0) is 6.42 Å². The van der Waals surface area contributed by atoms with Gasteiger partial charge in [-0.25, -0.2) is 0 Å². The number of benzene rings is 1. The summed E-state index contributed by atoms with van der Waals surface area (Å²) in [6.07, 6.45) is 8.09. The lowest BCUT2D eigenvalue weighted by Crippen LogP contribution is -2.28. The number of hydrogen-bond donors (Lipinski definition) is 1. The van der Waals surface area contributed by atoms with E-state index in [1.807, 2.05) is 18.2 Å². The Kier molecular flexibility index (Phi) is 5.53. The van der Waals surface area contributed by atoms with E-state index in [9.17, 15) is 0 Å². The zero-order chi connectivity index (χ0) is 13.7. The standard InChI is InChI=1S/C16H25ClN2/c1-19(12-13-5-3-2-4-6-13)10-9-14-7-8-15(18)11-16(14)17/h7-8,11,13H,2-6,9-10,12,18H2,1H3. The van der Waals surface area contributed by atoms with Gasteiger partial charge in [0.15, 0.2) is 0 Å². The summed E-state index contributed by atoms with van der Waals surface area (Å²) in [4.78, 5) is 2.45. The van der Waals surface area contributed by atoms with Crippen LogP contribution in [0.25, 0.3) is 0 Å². The van der Waals surface area contributed by atoms with Crippen LogP contribution < -0.4 is 5.73 Å². The van der Waals surface area contributed by atoms with Gasteiger partial charge in [0, 0.05) is 23.8 Å². The maximum atomic E-state index is 6.21. The molecule has 1 aliphatic rings. The highest BCUT2D eigenvalue weighted by atomic mass is 35.5. The van der Waals surface area contributed by atoms with Gasteiger partial charge in [-0.05, 0) is 49.9 Å². The molecule has 0 bridgehead atoms. The minimum absolute atomic E-state index is 0.740. The van der Waals surface area contributed by atoms with E-state index in [0.717, 1.165) is 29.6 Å². The molecule has 1 saturated carbocycles. The summed E-state index contributed by atoms with van der Waals surface area (Å²) in [5.74, 6) is 0.903. The average molecular weight is 281 g/mol. The van der Waals surface area contributed by atoms with Gasteiger partial charge in [0.2, 0.25) is 0 Å². The third kappa shape index (κ3) is 4.70. The fraction of sp³-hybridized carbons (Fsp3) is 0.625. The fourth-order valence-corrected chi connectivity index (χ4v) is 3.26. The van der Waals surface area contributed by atoms with Gasteiger partial charge in [0.25, 0.3) is 0 Å². The first kappa shape index (κ1) is 14.7. The summed E-state index contributed by atoms with van der Waals surface area (Å²) < 4.78 is 0. The number of hydrogen-bond acceptors (Lipinski definition) is 2. The number of halogens is 1. The van der Waals surface area contributed by atoms with Crippen LogP contribution in [0.5, 0.6) is 0 Å². The summed E-state index contributed by atoms with van der Waals surface area (Å²) >= 11 is 6.21. The number of nitrogens with two attached hydrogens (primary N) is 1. The van der Waals surface area contributed by atoms with Crippen molar-refractivity contribution >= 4 is 17.3 Å². The van der Waals surface area contributed by atoms with Gasteiger partial charge in [0.05, 0.1) is 0 Å². The second-order valence-electron chi connectivity index (χ2n) is 5.87. The van der Waals surface area contributed by atoms with Crippen molar-refractivity contribution in [1.82, 2.24) is 4.90 Å². The van der Waals surface area contributed by atoms with Gasteiger partial charge < -0.3 is 10.6 Å². The average Bonchev–Trinajstić information content (AvgIpc) is 2.39. The predicted molar refractivity (Wildman–Crippen MR) is 83.6 cm³/mol. The highest BCUT2D eigenvalue weighted by Crippen LogP contribution is 2.24. The van der Waals surface area contributed by atoms with Crippen molar-refractivity contribution < 1.29 is 0 Å². The van der Waals surface area contributed by atoms with Gasteiger partial charge in [-0.3, -0.25) is 0 Å². The Morgan fingerprint density at radius 3 is 2.68 bits per heavy atom. The third-order valence-corrected chi connectivity index (χ3v) is 4.49. The van der Waals surface area contributed by atoms with Crippen LogP contribution in [0.15, 0.2) is 18.2 Å². The molecule has 1 aromatic rings. The first-order valence-electron chi connectivity index (χ1n) is 7.37. The number of anilines is 1. The topological polar surface area (TPSA) is 29.3 Å². The molecule has 2 N–H and O–H groups in total. The van der Waals surface area contributed by atoms with Crippen LogP contribution in [0.4, 0.5) is 5.69 Å². The Balaban J connectivity index is 1.77. The van der Waals surface area contributed by atoms with Crippen molar-refractivity contribution in [2.24, 2.45) is 5.92 Å². The molecular formula is C16H25ClN2. The lowest BCUT2D eigenvalue weighted by molar-refractivity contribution is 0.235. The molecule has 106 valence electrons. The van der Waals surface area contributed by atoms with Crippen molar-refractivity contribution in [3.8, 4) is 0 Å². The lowest BCUT2D eigenvalue weighted by atomic mass is 9.89. The van der Waals surface area contributed by atoms with Gasteiger partial charge in [0.1, 0.15) is 0 Å². The van der Waals surface area contributed by atoms with E-state index >= 15 is 0 Å². The fourth-order valence-electron chi connectivity index (χ4n) is 2.98. The van der Waals surface area contributed by atoms with Crippen molar-refractivity contribution in [2.75, 3.05) is 25.9 Å². The Bertz CT molecular complexity index is 400. The van der Waals surface area contributed by atoms with Crippen LogP contribution in [-0.4, -0.2) is 25.0 Å². The van der Waals surface area contributed by atoms with Crippen molar-refractivity contribution in [2.45, 2.75) is 38.5 Å². The van der Waals surface area contributed by atoms with Gasteiger partial charge in [-0.2, -0.15) is 0 Å². The van der Waals surface area contributed by atoms with Crippen molar-refractivity contribution in [1.29, 1.82) is 0 Å². The van der Waals surface area contributed by atoms with Crippen LogP contribution in [0.1, 0.15) is 37.7 Å². The minimum atomic E-state index is 0.740. The number of rotatable bonds is 5. The SMILES string of the molecule is CN(CCc1ccc(N)cc1Cl)CC1CCCCC1. The van der Waals surface area contributed by atoms with Gasteiger partial charge in [-0.15, -0.1) is 0 Å². The number of nitrogens with zero attached hydrogens (tertiary/aromatic N) is 1. The molecule has 2 rings (SSSR count). The predicted octanol–water partition coefficient (Wildman–Crippen LogP) is 3.98. The molecule has 1 aromatic carbocycles. The molecule has 0 aromatic heterocycles. The van der Waals surface area contributed by atoms with Gasteiger partial charge in [-0.1, -0.05) is 36.9 Å². The summed E-state index contributed by atoms with van der Waals surface area (Å²) in [7, 11) is 2.22. The highest BCUT2D eigenvalue weighted by Gasteiger charge is 2.15. The van der Waals surface area contributed by atoms with E-state index in [1.54, 1.807) is 0 Å². The molecule has 2 nitrogen and oxygen atoms in total. The van der Waals surface area contributed by atoms with E-state index in [2.05, 4.69) is 11.9 Å². The molecule has 0 heterocycles. The van der Waals surface area contributed by atoms with Crippen molar-refractivity contribution in [3.63, 3.8) is 0 Å². The van der Waals surface area contributed by atoms with Crippen LogP contribution >= 0.6 is 11.6 Å². The molecule has 19 heavy (non-hydrogen) atoms.